The van der Waals surface area contributed by atoms with Gasteiger partial charge in [0.1, 0.15) is 0 Å². The van der Waals surface area contributed by atoms with E-state index in [-0.39, 0.29) is 0 Å². The molecule has 0 saturated carbocycles. The lowest BCUT2D eigenvalue weighted by atomic mass is 10.1. The van der Waals surface area contributed by atoms with Crippen LogP contribution in [-0.2, 0) is 0 Å². The number of benzene rings is 2. The van der Waals surface area contributed by atoms with Crippen LogP contribution in [0.3, 0.4) is 0 Å². The highest BCUT2D eigenvalue weighted by atomic mass is 15.4. The van der Waals surface area contributed by atoms with Crippen LogP contribution < -0.4 is 4.48 Å². The Kier molecular flexibility index (Phi) is 4.53. The van der Waals surface area contributed by atoms with Crippen molar-refractivity contribution in [3.63, 3.8) is 0 Å². The van der Waals surface area contributed by atoms with Gasteiger partial charge in [-0.3, -0.25) is 0 Å². The zero-order chi connectivity index (χ0) is 18.7. The third-order valence-corrected chi connectivity index (χ3v) is 4.75. The van der Waals surface area contributed by atoms with E-state index in [0.717, 1.165) is 34.2 Å². The van der Waals surface area contributed by atoms with E-state index in [1.807, 2.05) is 48.5 Å². The van der Waals surface area contributed by atoms with Crippen molar-refractivity contribution >= 4 is 11.6 Å². The van der Waals surface area contributed by atoms with Crippen LogP contribution in [0, 0.1) is 0 Å². The summed E-state index contributed by atoms with van der Waals surface area (Å²) in [6.45, 7) is 0. The van der Waals surface area contributed by atoms with Crippen LogP contribution in [0.4, 0.5) is 11.6 Å². The summed E-state index contributed by atoms with van der Waals surface area (Å²) in [7, 11) is 4.24. The molecular weight excluding hydrogens is 330 g/mol. The molecule has 0 spiro atoms. The van der Waals surface area contributed by atoms with Gasteiger partial charge in [-0.2, -0.15) is 9.97 Å². The van der Waals surface area contributed by atoms with Gasteiger partial charge in [-0.05, 0) is 12.1 Å². The van der Waals surface area contributed by atoms with Crippen LogP contribution in [0.15, 0.2) is 97.1 Å². The van der Waals surface area contributed by atoms with Crippen molar-refractivity contribution in [3.05, 3.63) is 97.1 Å². The standard InChI is InChI=1S/C24H22N3/c1-27(2,23-17-9-15-21(25-23)19-11-5-3-6-12-19)24-18-10-16-22(26-24)20-13-7-4-8-14-20/h3-18H,1-2H3/q+1. The fourth-order valence-corrected chi connectivity index (χ4v) is 3.13. The second kappa shape index (κ2) is 7.14. The first kappa shape index (κ1) is 17.1. The quantitative estimate of drug-likeness (QED) is 0.440. The summed E-state index contributed by atoms with van der Waals surface area (Å²) in [5, 5.41) is 0. The predicted molar refractivity (Wildman–Crippen MR) is 113 cm³/mol. The van der Waals surface area contributed by atoms with Gasteiger partial charge in [0.15, 0.2) is 0 Å². The highest BCUT2D eigenvalue weighted by molar-refractivity contribution is 5.64. The molecule has 4 aromatic rings. The predicted octanol–water partition coefficient (Wildman–Crippen LogP) is 5.71. The van der Waals surface area contributed by atoms with Crippen molar-refractivity contribution < 1.29 is 0 Å². The molecule has 0 aliphatic carbocycles. The summed E-state index contributed by atoms with van der Waals surface area (Å²) in [4.78, 5) is 9.85. The lowest BCUT2D eigenvalue weighted by Crippen LogP contribution is -2.36. The van der Waals surface area contributed by atoms with Crippen LogP contribution in [-0.4, -0.2) is 24.1 Å². The molecule has 3 nitrogen and oxygen atoms in total. The first-order chi connectivity index (χ1) is 13.1. The normalized spacial score (nSPS) is 11.3. The highest BCUT2D eigenvalue weighted by Crippen LogP contribution is 2.31. The number of nitrogens with zero attached hydrogens (tertiary/aromatic N) is 3. The zero-order valence-electron chi connectivity index (χ0n) is 15.6. The van der Waals surface area contributed by atoms with Gasteiger partial charge in [0.05, 0.1) is 25.5 Å². The van der Waals surface area contributed by atoms with Crippen molar-refractivity contribution in [2.45, 2.75) is 0 Å². The molecule has 0 atom stereocenters. The Hall–Kier alpha value is -3.30. The van der Waals surface area contributed by atoms with Crippen LogP contribution in [0.1, 0.15) is 0 Å². The number of hydrogen-bond donors (Lipinski definition) is 0. The first-order valence-corrected chi connectivity index (χ1v) is 9.05. The van der Waals surface area contributed by atoms with Crippen molar-refractivity contribution in [1.29, 1.82) is 0 Å². The van der Waals surface area contributed by atoms with Crippen LogP contribution >= 0.6 is 0 Å². The monoisotopic (exact) mass is 352 g/mol. The zero-order valence-corrected chi connectivity index (χ0v) is 15.6. The maximum absolute atomic E-state index is 4.93. The van der Waals surface area contributed by atoms with E-state index < -0.39 is 0 Å². The Morgan fingerprint density at radius 1 is 0.481 bits per heavy atom. The second-order valence-electron chi connectivity index (χ2n) is 6.95. The topological polar surface area (TPSA) is 25.8 Å². The lowest BCUT2D eigenvalue weighted by molar-refractivity contribution is 0.526. The minimum absolute atomic E-state index is 0.474. The van der Waals surface area contributed by atoms with Crippen molar-refractivity contribution in [2.75, 3.05) is 14.1 Å². The summed E-state index contributed by atoms with van der Waals surface area (Å²) in [5.74, 6) is 1.91. The molecule has 0 aliphatic heterocycles. The maximum Gasteiger partial charge on any atom is 0.234 e. The average molecular weight is 352 g/mol. The molecule has 27 heavy (non-hydrogen) atoms. The van der Waals surface area contributed by atoms with Crippen molar-refractivity contribution in [2.24, 2.45) is 0 Å². The van der Waals surface area contributed by atoms with E-state index in [9.17, 15) is 0 Å². The summed E-state index contributed by atoms with van der Waals surface area (Å²) < 4.78 is 0.474. The molecule has 0 aliphatic rings. The molecule has 2 aromatic carbocycles. The third-order valence-electron chi connectivity index (χ3n) is 4.75. The third kappa shape index (κ3) is 3.50. The van der Waals surface area contributed by atoms with Gasteiger partial charge in [0, 0.05) is 23.3 Å². The average Bonchev–Trinajstić information content (AvgIpc) is 2.75. The van der Waals surface area contributed by atoms with Gasteiger partial charge >= 0.3 is 0 Å². The van der Waals surface area contributed by atoms with Crippen LogP contribution in [0.25, 0.3) is 22.5 Å². The molecule has 0 N–H and O–H groups in total. The molecular formula is C24H22N3+. The van der Waals surface area contributed by atoms with E-state index in [0.29, 0.717) is 4.48 Å². The lowest BCUT2D eigenvalue weighted by Gasteiger charge is -2.26. The van der Waals surface area contributed by atoms with E-state index in [2.05, 4.69) is 62.6 Å². The van der Waals surface area contributed by atoms with Gasteiger partial charge in [-0.25, -0.2) is 4.48 Å². The first-order valence-electron chi connectivity index (χ1n) is 9.05. The van der Waals surface area contributed by atoms with Crippen molar-refractivity contribution in [3.8, 4) is 22.5 Å². The Balaban J connectivity index is 1.74. The fourth-order valence-electron chi connectivity index (χ4n) is 3.13. The Morgan fingerprint density at radius 3 is 1.30 bits per heavy atom. The summed E-state index contributed by atoms with van der Waals surface area (Å²) >= 11 is 0. The molecule has 0 saturated heterocycles. The van der Waals surface area contributed by atoms with E-state index in [1.165, 1.54) is 0 Å². The molecule has 3 heteroatoms. The van der Waals surface area contributed by atoms with Crippen LogP contribution in [0.2, 0.25) is 0 Å². The molecule has 2 heterocycles. The molecule has 0 unspecified atom stereocenters. The number of pyridine rings is 2. The van der Waals surface area contributed by atoms with Gasteiger partial charge in [-0.15, -0.1) is 0 Å². The molecule has 4 rings (SSSR count). The number of hydrogen-bond acceptors (Lipinski definition) is 2. The summed E-state index contributed by atoms with van der Waals surface area (Å²) in [6.07, 6.45) is 0. The highest BCUT2D eigenvalue weighted by Gasteiger charge is 2.26. The van der Waals surface area contributed by atoms with Crippen molar-refractivity contribution in [1.82, 2.24) is 14.5 Å². The SMILES string of the molecule is C[N+](C)(c1cccc(-c2ccccc2)n1)c1cccc(-c2ccccc2)n1. The Labute approximate surface area is 160 Å². The Morgan fingerprint density at radius 2 is 0.889 bits per heavy atom. The minimum atomic E-state index is 0.474. The van der Waals surface area contributed by atoms with Crippen LogP contribution in [0.5, 0.6) is 0 Å². The molecule has 0 bridgehead atoms. The van der Waals surface area contributed by atoms with Gasteiger partial charge in [0.25, 0.3) is 0 Å². The van der Waals surface area contributed by atoms with Gasteiger partial charge in [-0.1, -0.05) is 72.8 Å². The molecule has 0 fully saturated rings. The molecule has 132 valence electrons. The van der Waals surface area contributed by atoms with E-state index in [1.54, 1.807) is 0 Å². The van der Waals surface area contributed by atoms with Gasteiger partial charge in [0.2, 0.25) is 11.6 Å². The number of quaternary nitrogens is 1. The number of aromatic nitrogens is 2. The van der Waals surface area contributed by atoms with E-state index in [4.69, 9.17) is 9.97 Å². The minimum Gasteiger partial charge on any atom is -0.231 e. The van der Waals surface area contributed by atoms with E-state index >= 15 is 0 Å². The summed E-state index contributed by atoms with van der Waals surface area (Å²) in [6, 6.07) is 32.9. The number of rotatable bonds is 4. The molecule has 0 amide bonds. The fraction of sp³-hybridized carbons (Fsp3) is 0.0833. The molecule has 0 radical (unpaired) electrons. The smallest absolute Gasteiger partial charge is 0.231 e. The Bertz CT molecular complexity index is 956. The largest absolute Gasteiger partial charge is 0.234 e. The van der Waals surface area contributed by atoms with Gasteiger partial charge < -0.3 is 0 Å². The second-order valence-corrected chi connectivity index (χ2v) is 6.95. The summed E-state index contributed by atoms with van der Waals surface area (Å²) in [5.41, 5.74) is 4.17. The maximum atomic E-state index is 4.93. The molecule has 2 aromatic heterocycles.